The summed E-state index contributed by atoms with van der Waals surface area (Å²) in [5, 5.41) is 14.3. The minimum absolute atomic E-state index is 0.0375. The lowest BCUT2D eigenvalue weighted by molar-refractivity contribution is 0.0671. The number of hydrogen-bond donors (Lipinski definition) is 3. The van der Waals surface area contributed by atoms with E-state index in [4.69, 9.17) is 5.11 Å². The summed E-state index contributed by atoms with van der Waals surface area (Å²) in [6.45, 7) is 0. The average Bonchev–Trinajstić information content (AvgIpc) is 2.19. The summed E-state index contributed by atoms with van der Waals surface area (Å²) in [5.41, 5.74) is 0.541. The van der Waals surface area contributed by atoms with Gasteiger partial charge in [0.05, 0.1) is 6.10 Å². The third kappa shape index (κ3) is 2.70. The van der Waals surface area contributed by atoms with Gasteiger partial charge >= 0.3 is 6.03 Å². The Balaban J connectivity index is 1.80. The smallest absolute Gasteiger partial charge is 0.319 e. The first-order chi connectivity index (χ1) is 7.63. The highest BCUT2D eigenvalue weighted by molar-refractivity contribution is 5.89. The first-order valence-electron chi connectivity index (χ1n) is 5.14. The van der Waals surface area contributed by atoms with Crippen molar-refractivity contribution < 1.29 is 14.3 Å². The summed E-state index contributed by atoms with van der Waals surface area (Å²) in [7, 11) is 0. The standard InChI is InChI=1S/C11H13FN2O2/c12-7-1-3-8(4-2-7)13-11(16)14-9-5-10(15)6-9/h1-4,9-10,15H,5-6H2,(H2,13,14,16). The summed E-state index contributed by atoms with van der Waals surface area (Å²) in [5.74, 6) is -0.340. The predicted octanol–water partition coefficient (Wildman–Crippen LogP) is 1.47. The van der Waals surface area contributed by atoms with Crippen LogP contribution in [-0.2, 0) is 0 Å². The van der Waals surface area contributed by atoms with Gasteiger partial charge in [-0.15, -0.1) is 0 Å². The molecule has 2 rings (SSSR count). The van der Waals surface area contributed by atoms with Crippen LogP contribution in [0.3, 0.4) is 0 Å². The first kappa shape index (κ1) is 10.9. The summed E-state index contributed by atoms with van der Waals surface area (Å²) in [4.78, 5) is 11.4. The molecule has 16 heavy (non-hydrogen) atoms. The van der Waals surface area contributed by atoms with Crippen LogP contribution in [0.4, 0.5) is 14.9 Å². The van der Waals surface area contributed by atoms with E-state index in [-0.39, 0.29) is 24.0 Å². The number of nitrogens with one attached hydrogen (secondary N) is 2. The van der Waals surface area contributed by atoms with E-state index < -0.39 is 0 Å². The highest BCUT2D eigenvalue weighted by atomic mass is 19.1. The molecule has 4 nitrogen and oxygen atoms in total. The van der Waals surface area contributed by atoms with E-state index in [0.29, 0.717) is 18.5 Å². The van der Waals surface area contributed by atoms with Crippen LogP contribution in [0, 0.1) is 5.82 Å². The zero-order valence-corrected chi connectivity index (χ0v) is 8.61. The largest absolute Gasteiger partial charge is 0.393 e. The molecule has 1 fully saturated rings. The molecule has 1 aliphatic carbocycles. The molecule has 0 aromatic heterocycles. The molecule has 1 saturated carbocycles. The van der Waals surface area contributed by atoms with Gasteiger partial charge in [0.25, 0.3) is 0 Å². The maximum atomic E-state index is 12.6. The predicted molar refractivity (Wildman–Crippen MR) is 57.6 cm³/mol. The van der Waals surface area contributed by atoms with Crippen LogP contribution >= 0.6 is 0 Å². The van der Waals surface area contributed by atoms with E-state index in [0.717, 1.165) is 0 Å². The molecule has 0 bridgehead atoms. The van der Waals surface area contributed by atoms with Gasteiger partial charge in [-0.25, -0.2) is 9.18 Å². The number of carbonyl (C=O) groups is 1. The van der Waals surface area contributed by atoms with E-state index in [1.165, 1.54) is 24.3 Å². The fourth-order valence-corrected chi connectivity index (χ4v) is 1.59. The second kappa shape index (κ2) is 4.49. The van der Waals surface area contributed by atoms with E-state index >= 15 is 0 Å². The van der Waals surface area contributed by atoms with Gasteiger partial charge in [-0.1, -0.05) is 0 Å². The van der Waals surface area contributed by atoms with Crippen LogP contribution in [0.2, 0.25) is 0 Å². The number of rotatable bonds is 2. The van der Waals surface area contributed by atoms with Crippen molar-refractivity contribution in [1.29, 1.82) is 0 Å². The Bertz CT molecular complexity index is 374. The molecule has 0 radical (unpaired) electrons. The number of anilines is 1. The summed E-state index contributed by atoms with van der Waals surface area (Å²) < 4.78 is 12.6. The summed E-state index contributed by atoms with van der Waals surface area (Å²) in [6, 6.07) is 5.25. The molecule has 1 aliphatic rings. The van der Waals surface area contributed by atoms with Crippen LogP contribution in [0.25, 0.3) is 0 Å². The molecule has 5 heteroatoms. The SMILES string of the molecule is O=C(Nc1ccc(F)cc1)NC1CC(O)C1. The number of carbonyl (C=O) groups excluding carboxylic acids is 1. The van der Waals surface area contributed by atoms with E-state index in [1.807, 2.05) is 0 Å². The molecule has 1 aromatic rings. The van der Waals surface area contributed by atoms with E-state index in [2.05, 4.69) is 10.6 Å². The maximum Gasteiger partial charge on any atom is 0.319 e. The second-order valence-corrected chi connectivity index (χ2v) is 3.93. The van der Waals surface area contributed by atoms with Gasteiger partial charge in [-0.3, -0.25) is 0 Å². The van der Waals surface area contributed by atoms with Crippen LogP contribution < -0.4 is 10.6 Å². The Morgan fingerprint density at radius 2 is 1.94 bits per heavy atom. The molecule has 0 spiro atoms. The minimum Gasteiger partial charge on any atom is -0.393 e. The fraction of sp³-hybridized carbons (Fsp3) is 0.364. The first-order valence-corrected chi connectivity index (χ1v) is 5.14. The zero-order chi connectivity index (χ0) is 11.5. The Kier molecular flexibility index (Phi) is 3.05. The number of urea groups is 1. The zero-order valence-electron chi connectivity index (χ0n) is 8.61. The normalized spacial score (nSPS) is 23.4. The van der Waals surface area contributed by atoms with Crippen LogP contribution in [-0.4, -0.2) is 23.3 Å². The van der Waals surface area contributed by atoms with Gasteiger partial charge in [0.2, 0.25) is 0 Å². The summed E-state index contributed by atoms with van der Waals surface area (Å²) in [6.07, 6.45) is 0.893. The molecule has 0 unspecified atom stereocenters. The molecule has 0 saturated heterocycles. The molecule has 2 amide bonds. The quantitative estimate of drug-likeness (QED) is 0.712. The third-order valence-electron chi connectivity index (χ3n) is 2.55. The van der Waals surface area contributed by atoms with Crippen molar-refractivity contribution >= 4 is 11.7 Å². The lowest BCUT2D eigenvalue weighted by atomic mass is 9.90. The molecule has 0 aliphatic heterocycles. The Hall–Kier alpha value is -1.62. The molecule has 1 aromatic carbocycles. The van der Waals surface area contributed by atoms with Crippen LogP contribution in [0.1, 0.15) is 12.8 Å². The Morgan fingerprint density at radius 3 is 2.50 bits per heavy atom. The molecule has 3 N–H and O–H groups in total. The molecular formula is C11H13FN2O2. The van der Waals surface area contributed by atoms with Crippen molar-refractivity contribution in [2.45, 2.75) is 25.0 Å². The molecular weight excluding hydrogens is 211 g/mol. The number of halogens is 1. The van der Waals surface area contributed by atoms with Crippen molar-refractivity contribution in [1.82, 2.24) is 5.32 Å². The number of amides is 2. The highest BCUT2D eigenvalue weighted by Crippen LogP contribution is 2.19. The lowest BCUT2D eigenvalue weighted by Gasteiger charge is -2.31. The molecule has 0 heterocycles. The summed E-state index contributed by atoms with van der Waals surface area (Å²) >= 11 is 0. The number of benzene rings is 1. The van der Waals surface area contributed by atoms with Crippen molar-refractivity contribution in [3.05, 3.63) is 30.1 Å². The highest BCUT2D eigenvalue weighted by Gasteiger charge is 2.28. The van der Waals surface area contributed by atoms with E-state index in [1.54, 1.807) is 0 Å². The van der Waals surface area contributed by atoms with Gasteiger partial charge in [0, 0.05) is 11.7 Å². The lowest BCUT2D eigenvalue weighted by Crippen LogP contribution is -2.48. The average molecular weight is 224 g/mol. The van der Waals surface area contributed by atoms with Crippen LogP contribution in [0.5, 0.6) is 0 Å². The van der Waals surface area contributed by atoms with Gasteiger partial charge < -0.3 is 15.7 Å². The topological polar surface area (TPSA) is 61.4 Å². The van der Waals surface area contributed by atoms with Gasteiger partial charge in [0.15, 0.2) is 0 Å². The van der Waals surface area contributed by atoms with Crippen molar-refractivity contribution in [3.63, 3.8) is 0 Å². The minimum atomic E-state index is -0.340. The molecule has 86 valence electrons. The van der Waals surface area contributed by atoms with Crippen LogP contribution in [0.15, 0.2) is 24.3 Å². The fourth-order valence-electron chi connectivity index (χ4n) is 1.59. The van der Waals surface area contributed by atoms with Gasteiger partial charge in [-0.2, -0.15) is 0 Å². The maximum absolute atomic E-state index is 12.6. The Labute approximate surface area is 92.5 Å². The monoisotopic (exact) mass is 224 g/mol. The van der Waals surface area contributed by atoms with Crippen molar-refractivity contribution in [2.24, 2.45) is 0 Å². The van der Waals surface area contributed by atoms with Gasteiger partial charge in [-0.05, 0) is 37.1 Å². The van der Waals surface area contributed by atoms with Crippen molar-refractivity contribution in [3.8, 4) is 0 Å². The third-order valence-corrected chi connectivity index (χ3v) is 2.55. The number of aliphatic hydroxyl groups is 1. The molecule has 0 atom stereocenters. The van der Waals surface area contributed by atoms with Gasteiger partial charge in [0.1, 0.15) is 5.82 Å². The number of aliphatic hydroxyl groups excluding tert-OH is 1. The Morgan fingerprint density at radius 1 is 1.31 bits per heavy atom. The van der Waals surface area contributed by atoms with Crippen molar-refractivity contribution in [2.75, 3.05) is 5.32 Å². The number of hydrogen-bond acceptors (Lipinski definition) is 2. The van der Waals surface area contributed by atoms with E-state index in [9.17, 15) is 9.18 Å². The second-order valence-electron chi connectivity index (χ2n) is 3.93.